The quantitative estimate of drug-likeness (QED) is 0.509. The molecule has 2 aromatic carbocycles. The number of ether oxygens (including phenoxy) is 1. The molecule has 1 aliphatic carbocycles. The smallest absolute Gasteiger partial charge is 0.194 e. The minimum atomic E-state index is -1.93. The number of aliphatic hydroxyl groups is 1. The van der Waals surface area contributed by atoms with Crippen LogP contribution in [0.3, 0.4) is 0 Å². The van der Waals surface area contributed by atoms with E-state index in [2.05, 4.69) is 20.9 Å². The highest BCUT2D eigenvalue weighted by Crippen LogP contribution is 2.57. The first-order valence-electron chi connectivity index (χ1n) is 9.09. The summed E-state index contributed by atoms with van der Waals surface area (Å²) in [7, 11) is 1.56. The van der Waals surface area contributed by atoms with Crippen molar-refractivity contribution in [2.24, 2.45) is 4.99 Å². The highest BCUT2D eigenvalue weighted by atomic mass is 79.9. The van der Waals surface area contributed by atoms with Crippen molar-refractivity contribution in [1.29, 1.82) is 0 Å². The third kappa shape index (κ3) is 3.24. The van der Waals surface area contributed by atoms with Gasteiger partial charge in [0.05, 0.1) is 5.71 Å². The second kappa shape index (κ2) is 8.07. The summed E-state index contributed by atoms with van der Waals surface area (Å²) in [6, 6.07) is 17.1. The molecule has 1 N–H and O–H groups in total. The van der Waals surface area contributed by atoms with Crippen molar-refractivity contribution in [3.63, 3.8) is 0 Å². The van der Waals surface area contributed by atoms with E-state index in [4.69, 9.17) is 16.3 Å². The normalized spacial score (nSPS) is 29.1. The van der Waals surface area contributed by atoms with E-state index in [1.165, 1.54) is 0 Å². The van der Waals surface area contributed by atoms with Gasteiger partial charge in [0, 0.05) is 23.9 Å². The Morgan fingerprint density at radius 2 is 1.86 bits per heavy atom. The van der Waals surface area contributed by atoms with Crippen molar-refractivity contribution in [2.75, 3.05) is 7.05 Å². The van der Waals surface area contributed by atoms with Crippen molar-refractivity contribution in [3.8, 4) is 0 Å². The number of halogens is 2. The van der Waals surface area contributed by atoms with Gasteiger partial charge in [0.25, 0.3) is 0 Å². The topological polar surface area (TPSA) is 58.9 Å². The highest BCUT2D eigenvalue weighted by molar-refractivity contribution is 9.10. The number of aliphatic imine (C=N–C) groups is 1. The molecule has 0 saturated heterocycles. The van der Waals surface area contributed by atoms with Crippen LogP contribution in [0.25, 0.3) is 0 Å². The van der Waals surface area contributed by atoms with Crippen LogP contribution in [0.15, 0.2) is 64.1 Å². The first-order chi connectivity index (χ1) is 13.3. The second-order valence-electron chi connectivity index (χ2n) is 7.01. The summed E-state index contributed by atoms with van der Waals surface area (Å²) in [5, 5.41) is 11.9. The molecule has 0 radical (unpaired) electrons. The summed E-state index contributed by atoms with van der Waals surface area (Å²) in [4.78, 5) is 17.4. The zero-order valence-corrected chi connectivity index (χ0v) is 18.4. The Morgan fingerprint density at radius 3 is 2.39 bits per heavy atom. The van der Waals surface area contributed by atoms with E-state index >= 15 is 0 Å². The minimum Gasteiger partial charge on any atom is -0.373 e. The van der Waals surface area contributed by atoms with Crippen LogP contribution < -0.4 is 0 Å². The van der Waals surface area contributed by atoms with Gasteiger partial charge < -0.3 is 9.84 Å². The SMILES string of the molecule is C/N=C(\C)[C@]1(O)C(=O)C[C@@H](c2ccccc2)[C@@]1(OC(C)Cl)c1ccc(Br)cc1. The zero-order chi connectivity index (χ0) is 20.5. The lowest BCUT2D eigenvalue weighted by atomic mass is 9.70. The molecule has 0 bridgehead atoms. The molecule has 0 heterocycles. The Labute approximate surface area is 178 Å². The lowest BCUT2D eigenvalue weighted by Crippen LogP contribution is -2.60. The number of hydrogen-bond donors (Lipinski definition) is 1. The number of Topliss-reactive ketones (excluding diaryl/α,β-unsaturated/α-hetero) is 1. The van der Waals surface area contributed by atoms with Crippen LogP contribution in [-0.2, 0) is 15.1 Å². The molecule has 0 amide bonds. The van der Waals surface area contributed by atoms with E-state index < -0.39 is 22.7 Å². The summed E-state index contributed by atoms with van der Waals surface area (Å²) in [5.41, 5.74) is -2.20. The number of carbonyl (C=O) groups excluding carboxylic acids is 1. The average molecular weight is 465 g/mol. The van der Waals surface area contributed by atoms with Gasteiger partial charge in [0.2, 0.25) is 0 Å². The summed E-state index contributed by atoms with van der Waals surface area (Å²) in [6.07, 6.45) is 0.118. The molecule has 3 rings (SSSR count). The van der Waals surface area contributed by atoms with Crippen molar-refractivity contribution in [1.82, 2.24) is 0 Å². The van der Waals surface area contributed by atoms with Crippen LogP contribution in [0.2, 0.25) is 0 Å². The van der Waals surface area contributed by atoms with Gasteiger partial charge in [-0.2, -0.15) is 0 Å². The van der Waals surface area contributed by atoms with Gasteiger partial charge in [-0.3, -0.25) is 9.79 Å². The molecule has 28 heavy (non-hydrogen) atoms. The maximum atomic E-state index is 13.3. The van der Waals surface area contributed by atoms with Crippen molar-refractivity contribution in [3.05, 3.63) is 70.2 Å². The van der Waals surface area contributed by atoms with Gasteiger partial charge in [0.15, 0.2) is 11.4 Å². The molecule has 0 aromatic heterocycles. The lowest BCUT2D eigenvalue weighted by Gasteiger charge is -2.45. The number of alkyl halides is 1. The second-order valence-corrected chi connectivity index (χ2v) is 8.54. The fraction of sp³-hybridized carbons (Fsp3) is 0.364. The van der Waals surface area contributed by atoms with Gasteiger partial charge in [-0.1, -0.05) is 70.0 Å². The maximum Gasteiger partial charge on any atom is 0.194 e. The first-order valence-corrected chi connectivity index (χ1v) is 10.3. The first kappa shape index (κ1) is 21.2. The number of carbonyl (C=O) groups is 1. The molecule has 0 spiro atoms. The molecule has 1 aliphatic rings. The van der Waals surface area contributed by atoms with Crippen LogP contribution >= 0.6 is 27.5 Å². The Kier molecular flexibility index (Phi) is 6.11. The Balaban J connectivity index is 2.37. The van der Waals surface area contributed by atoms with Crippen molar-refractivity contribution < 1.29 is 14.6 Å². The number of benzene rings is 2. The van der Waals surface area contributed by atoms with Crippen LogP contribution in [0.5, 0.6) is 0 Å². The molecule has 6 heteroatoms. The fourth-order valence-electron chi connectivity index (χ4n) is 4.21. The third-order valence-corrected chi connectivity index (χ3v) is 6.12. The molecular formula is C22H23BrClNO3. The Bertz CT molecular complexity index is 884. The minimum absolute atomic E-state index is 0.118. The van der Waals surface area contributed by atoms with E-state index in [1.54, 1.807) is 20.9 Å². The van der Waals surface area contributed by atoms with Gasteiger partial charge in [0.1, 0.15) is 11.2 Å². The third-order valence-electron chi connectivity index (χ3n) is 5.50. The summed E-state index contributed by atoms with van der Waals surface area (Å²) in [5.74, 6) is -0.755. The van der Waals surface area contributed by atoms with Crippen molar-refractivity contribution in [2.45, 2.75) is 43.0 Å². The molecule has 2 aromatic rings. The lowest BCUT2D eigenvalue weighted by molar-refractivity contribution is -0.167. The Morgan fingerprint density at radius 1 is 1.25 bits per heavy atom. The van der Waals surface area contributed by atoms with Crippen molar-refractivity contribution >= 4 is 39.0 Å². The number of ketones is 1. The molecule has 4 nitrogen and oxygen atoms in total. The van der Waals surface area contributed by atoms with E-state index in [9.17, 15) is 9.90 Å². The average Bonchev–Trinajstić information content (AvgIpc) is 2.91. The van der Waals surface area contributed by atoms with Crippen LogP contribution in [-0.4, -0.2) is 34.8 Å². The highest BCUT2D eigenvalue weighted by Gasteiger charge is 2.69. The summed E-state index contributed by atoms with van der Waals surface area (Å²) < 4.78 is 7.18. The number of hydrogen-bond acceptors (Lipinski definition) is 4. The van der Waals surface area contributed by atoms with E-state index in [-0.39, 0.29) is 12.2 Å². The summed E-state index contributed by atoms with van der Waals surface area (Å²) in [6.45, 7) is 3.34. The molecule has 0 aliphatic heterocycles. The largest absolute Gasteiger partial charge is 0.373 e. The predicted molar refractivity (Wildman–Crippen MR) is 115 cm³/mol. The molecular weight excluding hydrogens is 442 g/mol. The molecule has 1 unspecified atom stereocenters. The zero-order valence-electron chi connectivity index (χ0n) is 16.0. The Hall–Kier alpha value is -1.53. The standard InChI is InChI=1S/C22H23BrClNO3/c1-14(25-3)21(27)20(26)13-19(16-7-5-4-6-8-16)22(21,28-15(2)24)17-9-11-18(23)12-10-17/h4-12,15,19,27H,13H2,1-3H3/b25-14+/t15?,19-,21-,22-/m0/s1. The van der Waals surface area contributed by atoms with Crippen LogP contribution in [0.4, 0.5) is 0 Å². The van der Waals surface area contributed by atoms with Gasteiger partial charge >= 0.3 is 0 Å². The van der Waals surface area contributed by atoms with Gasteiger partial charge in [-0.25, -0.2) is 0 Å². The van der Waals surface area contributed by atoms with Crippen LogP contribution in [0.1, 0.15) is 37.3 Å². The predicted octanol–water partition coefficient (Wildman–Crippen LogP) is 4.82. The fourth-order valence-corrected chi connectivity index (χ4v) is 4.61. The van der Waals surface area contributed by atoms with E-state index in [0.29, 0.717) is 11.3 Å². The van der Waals surface area contributed by atoms with E-state index in [0.717, 1.165) is 10.0 Å². The number of rotatable bonds is 5. The maximum absolute atomic E-state index is 13.3. The van der Waals surface area contributed by atoms with Gasteiger partial charge in [-0.05, 0) is 37.1 Å². The van der Waals surface area contributed by atoms with Gasteiger partial charge in [-0.15, -0.1) is 0 Å². The summed E-state index contributed by atoms with van der Waals surface area (Å²) >= 11 is 9.76. The molecule has 1 fully saturated rings. The van der Waals surface area contributed by atoms with Crippen LogP contribution in [0, 0.1) is 0 Å². The molecule has 148 valence electrons. The molecule has 1 saturated carbocycles. The monoisotopic (exact) mass is 463 g/mol. The number of nitrogens with zero attached hydrogens (tertiary/aromatic N) is 1. The van der Waals surface area contributed by atoms with E-state index in [1.807, 2.05) is 54.6 Å². The molecule has 4 atom stereocenters.